The van der Waals surface area contributed by atoms with Crippen molar-refractivity contribution in [3.8, 4) is 0 Å². The molecule has 1 amide bonds. The van der Waals surface area contributed by atoms with Crippen molar-refractivity contribution >= 4 is 49.9 Å². The lowest BCUT2D eigenvalue weighted by Crippen LogP contribution is -2.33. The van der Waals surface area contributed by atoms with Crippen molar-refractivity contribution in [3.05, 3.63) is 60.1 Å². The summed E-state index contributed by atoms with van der Waals surface area (Å²) < 4.78 is 31.3. The van der Waals surface area contributed by atoms with Gasteiger partial charge in [0, 0.05) is 28.9 Å². The van der Waals surface area contributed by atoms with Gasteiger partial charge >= 0.3 is 0 Å². The molecule has 2 unspecified atom stereocenters. The van der Waals surface area contributed by atoms with Gasteiger partial charge in [0.15, 0.2) is 21.2 Å². The Kier molecular flexibility index (Phi) is 6.04. The van der Waals surface area contributed by atoms with Gasteiger partial charge in [-0.25, -0.2) is 8.42 Å². The quantitative estimate of drug-likeness (QED) is 0.566. The van der Waals surface area contributed by atoms with Gasteiger partial charge in [-0.15, -0.1) is 23.2 Å². The maximum absolute atomic E-state index is 12.9. The van der Waals surface area contributed by atoms with Gasteiger partial charge in [0.2, 0.25) is 0 Å². The number of halogens is 2. The van der Waals surface area contributed by atoms with E-state index >= 15 is 0 Å². The Bertz CT molecular complexity index is 1120. The van der Waals surface area contributed by atoms with Crippen LogP contribution in [0.15, 0.2) is 58.1 Å². The summed E-state index contributed by atoms with van der Waals surface area (Å²) in [6.07, 6.45) is 4.60. The number of alkyl halides is 2. The average Bonchev–Trinajstić information content (AvgIpc) is 3.16. The van der Waals surface area contributed by atoms with Gasteiger partial charge in [-0.05, 0) is 49.1 Å². The summed E-state index contributed by atoms with van der Waals surface area (Å²) in [4.78, 5) is 16.5. The monoisotopic (exact) mass is 466 g/mol. The molecule has 1 saturated carbocycles. The molecule has 1 aliphatic rings. The van der Waals surface area contributed by atoms with Crippen LogP contribution in [-0.4, -0.2) is 35.3 Å². The molecule has 2 heterocycles. The molecule has 2 atom stereocenters. The molecule has 1 aliphatic carbocycles. The van der Waals surface area contributed by atoms with Crippen LogP contribution in [0.2, 0.25) is 0 Å². The lowest BCUT2D eigenvalue weighted by atomic mass is 9.99. The number of benzene rings is 1. The molecule has 30 heavy (non-hydrogen) atoms. The average molecular weight is 467 g/mol. The number of aromatic nitrogens is 1. The highest BCUT2D eigenvalue weighted by Crippen LogP contribution is 2.34. The van der Waals surface area contributed by atoms with E-state index in [4.69, 9.17) is 27.6 Å². The number of carbonyl (C=O) groups is 1. The third kappa shape index (κ3) is 4.48. The van der Waals surface area contributed by atoms with Crippen LogP contribution in [0.25, 0.3) is 11.0 Å². The Labute approximate surface area is 184 Å². The molecule has 158 valence electrons. The van der Waals surface area contributed by atoms with E-state index in [1.165, 1.54) is 0 Å². The minimum Gasteiger partial charge on any atom is -0.449 e. The van der Waals surface area contributed by atoms with E-state index in [0.717, 1.165) is 10.9 Å². The van der Waals surface area contributed by atoms with Crippen LogP contribution < -0.4 is 5.32 Å². The van der Waals surface area contributed by atoms with Crippen LogP contribution in [0.3, 0.4) is 0 Å². The second kappa shape index (κ2) is 8.57. The third-order valence-corrected chi connectivity index (χ3v) is 8.14. The number of fused-ring (bicyclic) bond motifs is 1. The Morgan fingerprint density at radius 1 is 1.10 bits per heavy atom. The molecule has 1 N–H and O–H groups in total. The summed E-state index contributed by atoms with van der Waals surface area (Å²) in [5.41, 5.74) is 1.31. The standard InChI is InChI=1S/C21H20Cl2N2O4S/c22-15-8-16(23)10-18(9-15)30(27,28)17-3-1-13(2-4-17)11-25-21(26)19-7-14-5-6-24-12-20(14)29-19/h1-7,12,15-16,18H,8-11H2,(H,25,26). The van der Waals surface area contributed by atoms with Crippen LogP contribution in [0.5, 0.6) is 0 Å². The lowest BCUT2D eigenvalue weighted by molar-refractivity contribution is 0.0925. The molecule has 0 aliphatic heterocycles. The van der Waals surface area contributed by atoms with Crippen LogP contribution in [0.1, 0.15) is 35.4 Å². The molecule has 0 radical (unpaired) electrons. The van der Waals surface area contributed by atoms with Gasteiger partial charge in [0.25, 0.3) is 5.91 Å². The number of hydrogen-bond acceptors (Lipinski definition) is 5. The first-order valence-electron chi connectivity index (χ1n) is 9.55. The Hall–Kier alpha value is -2.09. The van der Waals surface area contributed by atoms with Gasteiger partial charge in [-0.2, -0.15) is 0 Å². The highest BCUT2D eigenvalue weighted by molar-refractivity contribution is 7.92. The van der Waals surface area contributed by atoms with E-state index in [1.807, 2.05) is 0 Å². The van der Waals surface area contributed by atoms with E-state index in [0.29, 0.717) is 24.8 Å². The molecule has 2 aromatic heterocycles. The van der Waals surface area contributed by atoms with E-state index in [1.54, 1.807) is 48.8 Å². The first-order valence-corrected chi connectivity index (χ1v) is 12.0. The molecular weight excluding hydrogens is 447 g/mol. The Morgan fingerprint density at radius 3 is 2.47 bits per heavy atom. The molecule has 0 bridgehead atoms. The molecule has 4 rings (SSSR count). The van der Waals surface area contributed by atoms with Crippen LogP contribution in [0, 0.1) is 0 Å². The summed E-state index contributed by atoms with van der Waals surface area (Å²) in [6.45, 7) is 0.241. The minimum absolute atomic E-state index is 0.195. The normalized spacial score (nSPS) is 22.1. The van der Waals surface area contributed by atoms with Crippen molar-refractivity contribution in [3.63, 3.8) is 0 Å². The zero-order chi connectivity index (χ0) is 21.3. The van der Waals surface area contributed by atoms with Gasteiger partial charge in [-0.3, -0.25) is 9.78 Å². The van der Waals surface area contributed by atoms with E-state index in [9.17, 15) is 13.2 Å². The van der Waals surface area contributed by atoms with Crippen molar-refractivity contribution in [2.45, 2.75) is 46.7 Å². The highest BCUT2D eigenvalue weighted by atomic mass is 35.5. The van der Waals surface area contributed by atoms with Gasteiger partial charge in [-0.1, -0.05) is 12.1 Å². The molecule has 1 aromatic carbocycles. The fourth-order valence-corrected chi connectivity index (χ4v) is 6.68. The third-order valence-electron chi connectivity index (χ3n) is 5.24. The molecular formula is C21H20Cl2N2O4S. The molecule has 9 heteroatoms. The van der Waals surface area contributed by atoms with E-state index in [-0.39, 0.29) is 33.9 Å². The zero-order valence-corrected chi connectivity index (χ0v) is 18.3. The first kappa shape index (κ1) is 21.2. The Morgan fingerprint density at radius 2 is 1.80 bits per heavy atom. The van der Waals surface area contributed by atoms with Gasteiger partial charge in [0.05, 0.1) is 16.3 Å². The number of sulfone groups is 1. The number of nitrogens with zero attached hydrogens (tertiary/aromatic N) is 1. The van der Waals surface area contributed by atoms with E-state index in [2.05, 4.69) is 10.3 Å². The first-order chi connectivity index (χ1) is 14.3. The lowest BCUT2D eigenvalue weighted by Gasteiger charge is -2.28. The fourth-order valence-electron chi connectivity index (χ4n) is 3.65. The number of pyridine rings is 1. The number of furan rings is 1. The van der Waals surface area contributed by atoms with Crippen LogP contribution >= 0.6 is 23.2 Å². The molecule has 1 fully saturated rings. The molecule has 0 spiro atoms. The second-order valence-corrected chi connectivity index (χ2v) is 10.9. The maximum atomic E-state index is 12.9. The zero-order valence-electron chi connectivity index (χ0n) is 15.9. The summed E-state index contributed by atoms with van der Waals surface area (Å²) >= 11 is 12.3. The minimum atomic E-state index is -3.51. The maximum Gasteiger partial charge on any atom is 0.287 e. The SMILES string of the molecule is O=C(NCc1ccc(S(=O)(=O)C2CC(Cl)CC(Cl)C2)cc1)c1cc2ccncc2o1. The van der Waals surface area contributed by atoms with Gasteiger partial charge in [0.1, 0.15) is 0 Å². The number of rotatable bonds is 5. The van der Waals surface area contributed by atoms with Crippen molar-refractivity contribution in [2.75, 3.05) is 0 Å². The van der Waals surface area contributed by atoms with Gasteiger partial charge < -0.3 is 9.73 Å². The van der Waals surface area contributed by atoms with Crippen molar-refractivity contribution < 1.29 is 17.6 Å². The summed E-state index contributed by atoms with van der Waals surface area (Å²) in [5.74, 6) is -0.160. The topological polar surface area (TPSA) is 89.3 Å². The van der Waals surface area contributed by atoms with Crippen LogP contribution in [0.4, 0.5) is 0 Å². The summed E-state index contributed by atoms with van der Waals surface area (Å²) in [7, 11) is -3.51. The predicted octanol–water partition coefficient (Wildman–Crippen LogP) is 4.30. The molecule has 3 aromatic rings. The number of hydrogen-bond donors (Lipinski definition) is 1. The van der Waals surface area contributed by atoms with E-state index < -0.39 is 15.1 Å². The van der Waals surface area contributed by atoms with Crippen molar-refractivity contribution in [1.82, 2.24) is 10.3 Å². The number of amides is 1. The summed E-state index contributed by atoms with van der Waals surface area (Å²) in [6, 6.07) is 9.92. The Balaban J connectivity index is 1.41. The highest BCUT2D eigenvalue weighted by Gasteiger charge is 2.36. The predicted molar refractivity (Wildman–Crippen MR) is 116 cm³/mol. The second-order valence-electron chi connectivity index (χ2n) is 7.42. The summed E-state index contributed by atoms with van der Waals surface area (Å²) in [5, 5.41) is 2.53. The molecule has 0 saturated heterocycles. The smallest absolute Gasteiger partial charge is 0.287 e. The van der Waals surface area contributed by atoms with Crippen molar-refractivity contribution in [1.29, 1.82) is 0 Å². The number of carbonyl (C=O) groups excluding carboxylic acids is 1. The van der Waals surface area contributed by atoms with Crippen molar-refractivity contribution in [2.24, 2.45) is 0 Å². The number of nitrogens with one attached hydrogen (secondary N) is 1. The van der Waals surface area contributed by atoms with Crippen LogP contribution in [-0.2, 0) is 16.4 Å². The molecule has 6 nitrogen and oxygen atoms in total. The fraction of sp³-hybridized carbons (Fsp3) is 0.333. The largest absolute Gasteiger partial charge is 0.449 e.